The quantitative estimate of drug-likeness (QED) is 0.728. The Balaban J connectivity index is 1.99. The molecule has 0 spiro atoms. The minimum atomic E-state index is 0.891. The topological polar surface area (TPSA) is 34.0 Å². The van der Waals surface area contributed by atoms with Gasteiger partial charge in [0.25, 0.3) is 0 Å². The van der Waals surface area contributed by atoms with Crippen LogP contribution in [0.3, 0.4) is 0 Å². The number of rotatable bonds is 4. The van der Waals surface area contributed by atoms with Crippen molar-refractivity contribution in [1.29, 1.82) is 0 Å². The Bertz CT molecular complexity index is 701. The van der Waals surface area contributed by atoms with Crippen molar-refractivity contribution in [1.82, 2.24) is 19.7 Å². The first-order valence-corrected chi connectivity index (χ1v) is 6.76. The average Bonchev–Trinajstić information content (AvgIpc) is 2.88. The minimum absolute atomic E-state index is 0.891. The normalized spacial score (nSPS) is 11.3. The van der Waals surface area contributed by atoms with E-state index in [1.807, 2.05) is 30.6 Å². The molecule has 2 aromatic heterocycles. The van der Waals surface area contributed by atoms with E-state index in [4.69, 9.17) is 0 Å². The number of benzene rings is 1. The standard InChI is InChI=1S/C16H18N4/c1-19(2)9-10-20-16-11-13(6-7-14(16)12-18-20)15-5-3-4-8-17-15/h3-8,11-12H,9-10H2,1-2H3. The minimum Gasteiger partial charge on any atom is -0.308 e. The largest absolute Gasteiger partial charge is 0.308 e. The zero-order valence-corrected chi connectivity index (χ0v) is 11.8. The van der Waals surface area contributed by atoms with Gasteiger partial charge in [0.15, 0.2) is 0 Å². The molecule has 2 heterocycles. The molecule has 0 aliphatic rings. The Morgan fingerprint density at radius 1 is 1.15 bits per heavy atom. The second-order valence-electron chi connectivity index (χ2n) is 5.16. The van der Waals surface area contributed by atoms with Gasteiger partial charge in [0.05, 0.1) is 24.0 Å². The smallest absolute Gasteiger partial charge is 0.0702 e. The van der Waals surface area contributed by atoms with Crippen LogP contribution in [0.25, 0.3) is 22.2 Å². The number of hydrogen-bond acceptors (Lipinski definition) is 3. The van der Waals surface area contributed by atoms with Crippen LogP contribution in [0.4, 0.5) is 0 Å². The summed E-state index contributed by atoms with van der Waals surface area (Å²) in [5.74, 6) is 0. The molecule has 4 heteroatoms. The number of nitrogens with zero attached hydrogens (tertiary/aromatic N) is 4. The second-order valence-corrected chi connectivity index (χ2v) is 5.16. The van der Waals surface area contributed by atoms with Gasteiger partial charge in [-0.3, -0.25) is 9.67 Å². The third-order valence-electron chi connectivity index (χ3n) is 3.36. The fraction of sp³-hybridized carbons (Fsp3) is 0.250. The Kier molecular flexibility index (Phi) is 3.48. The highest BCUT2D eigenvalue weighted by Crippen LogP contribution is 2.22. The van der Waals surface area contributed by atoms with Crippen LogP contribution < -0.4 is 0 Å². The third kappa shape index (κ3) is 2.56. The first-order chi connectivity index (χ1) is 9.74. The van der Waals surface area contributed by atoms with Gasteiger partial charge in [-0.1, -0.05) is 18.2 Å². The maximum Gasteiger partial charge on any atom is 0.0702 e. The first-order valence-electron chi connectivity index (χ1n) is 6.76. The van der Waals surface area contributed by atoms with E-state index in [1.165, 1.54) is 5.39 Å². The van der Waals surface area contributed by atoms with E-state index in [9.17, 15) is 0 Å². The van der Waals surface area contributed by atoms with Crippen LogP contribution in [0, 0.1) is 0 Å². The summed E-state index contributed by atoms with van der Waals surface area (Å²) in [6.07, 6.45) is 3.75. The van der Waals surface area contributed by atoms with Gasteiger partial charge in [-0.2, -0.15) is 5.10 Å². The third-order valence-corrected chi connectivity index (χ3v) is 3.36. The predicted octanol–water partition coefficient (Wildman–Crippen LogP) is 2.66. The highest BCUT2D eigenvalue weighted by molar-refractivity contribution is 5.83. The van der Waals surface area contributed by atoms with Crippen LogP contribution in [0.2, 0.25) is 0 Å². The van der Waals surface area contributed by atoms with E-state index < -0.39 is 0 Å². The van der Waals surface area contributed by atoms with E-state index in [-0.39, 0.29) is 0 Å². The SMILES string of the molecule is CN(C)CCn1ncc2ccc(-c3ccccn3)cc21. The molecule has 102 valence electrons. The molecule has 0 bridgehead atoms. The van der Waals surface area contributed by atoms with Crippen molar-refractivity contribution in [3.8, 4) is 11.3 Å². The summed E-state index contributed by atoms with van der Waals surface area (Å²) in [5, 5.41) is 5.64. The Morgan fingerprint density at radius 2 is 2.05 bits per heavy atom. The van der Waals surface area contributed by atoms with Crippen LogP contribution in [-0.4, -0.2) is 40.3 Å². The molecule has 20 heavy (non-hydrogen) atoms. The molecule has 0 atom stereocenters. The van der Waals surface area contributed by atoms with Gasteiger partial charge in [-0.15, -0.1) is 0 Å². The van der Waals surface area contributed by atoms with Crippen molar-refractivity contribution < 1.29 is 0 Å². The highest BCUT2D eigenvalue weighted by atomic mass is 15.3. The fourth-order valence-electron chi connectivity index (χ4n) is 2.24. The number of likely N-dealkylation sites (N-methyl/N-ethyl adjacent to an activating group) is 1. The van der Waals surface area contributed by atoms with E-state index >= 15 is 0 Å². The molecule has 3 aromatic rings. The fourth-order valence-corrected chi connectivity index (χ4v) is 2.24. The van der Waals surface area contributed by atoms with Crippen molar-refractivity contribution in [3.63, 3.8) is 0 Å². The lowest BCUT2D eigenvalue weighted by Crippen LogP contribution is -2.18. The molecule has 0 saturated heterocycles. The zero-order chi connectivity index (χ0) is 13.9. The Hall–Kier alpha value is -2.20. The van der Waals surface area contributed by atoms with Crippen LogP contribution >= 0.6 is 0 Å². The van der Waals surface area contributed by atoms with E-state index in [2.05, 4.69) is 52.0 Å². The van der Waals surface area contributed by atoms with Gasteiger partial charge in [0.1, 0.15) is 0 Å². The second kappa shape index (κ2) is 5.43. The summed E-state index contributed by atoms with van der Waals surface area (Å²) < 4.78 is 2.06. The number of fused-ring (bicyclic) bond motifs is 1. The van der Waals surface area contributed by atoms with Crippen LogP contribution in [0.5, 0.6) is 0 Å². The molecule has 1 aromatic carbocycles. The molecule has 3 rings (SSSR count). The molecular weight excluding hydrogens is 248 g/mol. The maximum absolute atomic E-state index is 4.47. The lowest BCUT2D eigenvalue weighted by molar-refractivity contribution is 0.377. The first kappa shape index (κ1) is 12.8. The Labute approximate surface area is 118 Å². The molecule has 0 N–H and O–H groups in total. The number of aromatic nitrogens is 3. The highest BCUT2D eigenvalue weighted by Gasteiger charge is 2.06. The van der Waals surface area contributed by atoms with Crippen molar-refractivity contribution in [2.24, 2.45) is 0 Å². The molecule has 0 fully saturated rings. The molecule has 0 unspecified atom stereocenters. The van der Waals surface area contributed by atoms with Crippen molar-refractivity contribution in [2.75, 3.05) is 20.6 Å². The van der Waals surface area contributed by atoms with Gasteiger partial charge in [0.2, 0.25) is 0 Å². The zero-order valence-electron chi connectivity index (χ0n) is 11.8. The molecule has 0 aliphatic heterocycles. The summed E-state index contributed by atoms with van der Waals surface area (Å²) in [6, 6.07) is 12.3. The summed E-state index contributed by atoms with van der Waals surface area (Å²) in [5.41, 5.74) is 3.29. The summed E-state index contributed by atoms with van der Waals surface area (Å²) >= 11 is 0. The van der Waals surface area contributed by atoms with Gasteiger partial charge < -0.3 is 4.90 Å². The van der Waals surface area contributed by atoms with E-state index in [0.717, 1.165) is 29.9 Å². The molecule has 0 amide bonds. The maximum atomic E-state index is 4.47. The average molecular weight is 266 g/mol. The molecule has 4 nitrogen and oxygen atoms in total. The van der Waals surface area contributed by atoms with Gasteiger partial charge in [0, 0.05) is 23.7 Å². The lowest BCUT2D eigenvalue weighted by Gasteiger charge is -2.10. The summed E-state index contributed by atoms with van der Waals surface area (Å²) in [6.45, 7) is 1.87. The van der Waals surface area contributed by atoms with E-state index in [1.54, 1.807) is 0 Å². The molecule has 0 aliphatic carbocycles. The van der Waals surface area contributed by atoms with Crippen molar-refractivity contribution in [3.05, 3.63) is 48.8 Å². The van der Waals surface area contributed by atoms with Gasteiger partial charge >= 0.3 is 0 Å². The summed E-state index contributed by atoms with van der Waals surface area (Å²) in [7, 11) is 4.15. The molecule has 0 radical (unpaired) electrons. The van der Waals surface area contributed by atoms with Crippen molar-refractivity contribution in [2.45, 2.75) is 6.54 Å². The van der Waals surface area contributed by atoms with Crippen LogP contribution in [0.1, 0.15) is 0 Å². The van der Waals surface area contributed by atoms with Gasteiger partial charge in [-0.25, -0.2) is 0 Å². The van der Waals surface area contributed by atoms with Crippen molar-refractivity contribution >= 4 is 10.9 Å². The van der Waals surface area contributed by atoms with Crippen LogP contribution in [0.15, 0.2) is 48.8 Å². The lowest BCUT2D eigenvalue weighted by atomic mass is 10.1. The van der Waals surface area contributed by atoms with E-state index in [0.29, 0.717) is 0 Å². The van der Waals surface area contributed by atoms with Crippen LogP contribution in [-0.2, 0) is 6.54 Å². The monoisotopic (exact) mass is 266 g/mol. The molecule has 0 saturated carbocycles. The summed E-state index contributed by atoms with van der Waals surface area (Å²) in [4.78, 5) is 6.57. The Morgan fingerprint density at radius 3 is 2.80 bits per heavy atom. The number of pyridine rings is 1. The van der Waals surface area contributed by atoms with Gasteiger partial charge in [-0.05, 0) is 32.3 Å². The predicted molar refractivity (Wildman–Crippen MR) is 81.5 cm³/mol. The number of hydrogen-bond donors (Lipinski definition) is 0. The molecular formula is C16H18N4.